The van der Waals surface area contributed by atoms with Gasteiger partial charge in [0.25, 0.3) is 0 Å². The molecule has 0 aliphatic carbocycles. The summed E-state index contributed by atoms with van der Waals surface area (Å²) in [5, 5.41) is 0.986. The third-order valence-corrected chi connectivity index (χ3v) is 5.06. The molecule has 0 saturated carbocycles. The highest BCUT2D eigenvalue weighted by Gasteiger charge is 2.76. The Labute approximate surface area is 135 Å². The average Bonchev–Trinajstić information content (AvgIpc) is 3.15. The van der Waals surface area contributed by atoms with Gasteiger partial charge in [0.1, 0.15) is 11.1 Å². The van der Waals surface area contributed by atoms with Gasteiger partial charge in [0.05, 0.1) is 0 Å². The van der Waals surface area contributed by atoms with Crippen molar-refractivity contribution in [2.45, 2.75) is 18.0 Å². The lowest BCUT2D eigenvalue weighted by molar-refractivity contribution is 0.110. The van der Waals surface area contributed by atoms with Gasteiger partial charge in [-0.3, -0.25) is 0 Å². The summed E-state index contributed by atoms with van der Waals surface area (Å²) in [6, 6.07) is 29.7. The SMILES string of the molecule is CC1(c2ccccc2)N(F)C1(c1ccccc1)c1ccccc1. The van der Waals surface area contributed by atoms with Crippen LogP contribution in [0.15, 0.2) is 91.0 Å². The largest absolute Gasteiger partial charge is 0.132 e. The summed E-state index contributed by atoms with van der Waals surface area (Å²) in [4.78, 5) is 0. The van der Waals surface area contributed by atoms with Crippen LogP contribution in [-0.2, 0) is 11.1 Å². The van der Waals surface area contributed by atoms with Gasteiger partial charge < -0.3 is 0 Å². The first-order valence-electron chi connectivity index (χ1n) is 7.85. The molecule has 0 bridgehead atoms. The Bertz CT molecular complexity index is 762. The first-order chi connectivity index (χ1) is 11.2. The molecule has 1 heterocycles. The molecule has 3 aromatic carbocycles. The number of benzene rings is 3. The van der Waals surface area contributed by atoms with E-state index in [2.05, 4.69) is 0 Å². The van der Waals surface area contributed by atoms with Gasteiger partial charge in [-0.25, -0.2) is 0 Å². The van der Waals surface area contributed by atoms with E-state index in [1.807, 2.05) is 97.9 Å². The quantitative estimate of drug-likeness (QED) is 0.483. The summed E-state index contributed by atoms with van der Waals surface area (Å²) in [6.07, 6.45) is 0. The third-order valence-electron chi connectivity index (χ3n) is 5.06. The highest BCUT2D eigenvalue weighted by Crippen LogP contribution is 2.68. The van der Waals surface area contributed by atoms with E-state index in [0.717, 1.165) is 21.8 Å². The molecule has 1 aliphatic heterocycles. The average molecular weight is 303 g/mol. The summed E-state index contributed by atoms with van der Waals surface area (Å²) in [7, 11) is 0. The van der Waals surface area contributed by atoms with E-state index < -0.39 is 11.1 Å². The molecule has 2 atom stereocenters. The first kappa shape index (κ1) is 14.2. The van der Waals surface area contributed by atoms with Crippen molar-refractivity contribution >= 4 is 0 Å². The highest BCUT2D eigenvalue weighted by molar-refractivity contribution is 5.54. The number of nitrogens with zero attached hydrogens (tertiary/aromatic N) is 1. The first-order valence-corrected chi connectivity index (χ1v) is 7.85. The normalized spacial score (nSPS) is 25.0. The van der Waals surface area contributed by atoms with E-state index >= 15 is 4.48 Å². The van der Waals surface area contributed by atoms with Crippen LogP contribution in [0.2, 0.25) is 0 Å². The lowest BCUT2D eigenvalue weighted by atomic mass is 9.78. The highest BCUT2D eigenvalue weighted by atomic mass is 19.2. The van der Waals surface area contributed by atoms with Crippen LogP contribution in [0.1, 0.15) is 23.6 Å². The van der Waals surface area contributed by atoms with E-state index in [-0.39, 0.29) is 0 Å². The Morgan fingerprint density at radius 3 is 1.35 bits per heavy atom. The zero-order valence-electron chi connectivity index (χ0n) is 13.0. The standard InChI is InChI=1S/C21H18FN/c1-20(17-11-5-2-6-12-17)21(23(20)22,18-13-7-3-8-14-18)19-15-9-4-10-16-19/h2-16H,1H3. The molecule has 114 valence electrons. The fourth-order valence-electron chi connectivity index (χ4n) is 3.83. The second-order valence-electron chi connectivity index (χ2n) is 6.16. The lowest BCUT2D eigenvalue weighted by Gasteiger charge is -2.20. The number of rotatable bonds is 3. The van der Waals surface area contributed by atoms with Crippen LogP contribution in [0, 0.1) is 0 Å². The molecule has 3 aromatic rings. The summed E-state index contributed by atoms with van der Waals surface area (Å²) >= 11 is 0. The van der Waals surface area contributed by atoms with Crippen LogP contribution < -0.4 is 0 Å². The fraction of sp³-hybridized carbons (Fsp3) is 0.143. The van der Waals surface area contributed by atoms with Crippen molar-refractivity contribution in [1.29, 1.82) is 0 Å². The third kappa shape index (κ3) is 1.76. The topological polar surface area (TPSA) is 3.01 Å². The molecule has 2 unspecified atom stereocenters. The van der Waals surface area contributed by atoms with E-state index in [1.165, 1.54) is 0 Å². The van der Waals surface area contributed by atoms with Gasteiger partial charge >= 0.3 is 0 Å². The second-order valence-corrected chi connectivity index (χ2v) is 6.16. The summed E-state index contributed by atoms with van der Waals surface area (Å²) in [6.45, 7) is 1.97. The van der Waals surface area contributed by atoms with E-state index in [0.29, 0.717) is 0 Å². The van der Waals surface area contributed by atoms with Crippen molar-refractivity contribution < 1.29 is 4.48 Å². The number of halogens is 1. The van der Waals surface area contributed by atoms with Crippen LogP contribution in [0.3, 0.4) is 0 Å². The van der Waals surface area contributed by atoms with Gasteiger partial charge in [0, 0.05) is 0 Å². The molecule has 0 amide bonds. The minimum absolute atomic E-state index is 0.711. The molecular weight excluding hydrogens is 285 g/mol. The molecule has 4 rings (SSSR count). The van der Waals surface area contributed by atoms with Crippen molar-refractivity contribution in [3.05, 3.63) is 108 Å². The maximum atomic E-state index is 15.4. The predicted octanol–water partition coefficient (Wildman–Crippen LogP) is 5.05. The smallest absolute Gasteiger partial charge is 0.127 e. The molecule has 0 N–H and O–H groups in total. The summed E-state index contributed by atoms with van der Waals surface area (Å²) in [5.41, 5.74) is 1.43. The summed E-state index contributed by atoms with van der Waals surface area (Å²) in [5.74, 6) is 0. The fourth-order valence-corrected chi connectivity index (χ4v) is 3.83. The van der Waals surface area contributed by atoms with Crippen LogP contribution in [-0.4, -0.2) is 5.12 Å². The van der Waals surface area contributed by atoms with Gasteiger partial charge in [-0.2, -0.15) is 0 Å². The van der Waals surface area contributed by atoms with Crippen molar-refractivity contribution in [3.8, 4) is 0 Å². The molecule has 0 radical (unpaired) electrons. The van der Waals surface area contributed by atoms with Crippen LogP contribution in [0.4, 0.5) is 4.48 Å². The summed E-state index contributed by atoms with van der Waals surface area (Å²) < 4.78 is 15.4. The van der Waals surface area contributed by atoms with Gasteiger partial charge in [-0.1, -0.05) is 91.0 Å². The minimum Gasteiger partial charge on any atom is -0.132 e. The van der Waals surface area contributed by atoms with Crippen LogP contribution in [0.5, 0.6) is 0 Å². The molecule has 1 aliphatic rings. The van der Waals surface area contributed by atoms with E-state index in [9.17, 15) is 0 Å². The predicted molar refractivity (Wildman–Crippen MR) is 90.4 cm³/mol. The monoisotopic (exact) mass is 303 g/mol. The molecule has 2 heteroatoms. The number of hydrogen-bond acceptors (Lipinski definition) is 1. The Hall–Kier alpha value is -2.45. The maximum Gasteiger partial charge on any atom is 0.127 e. The Morgan fingerprint density at radius 1 is 0.609 bits per heavy atom. The molecule has 1 nitrogen and oxygen atoms in total. The van der Waals surface area contributed by atoms with Gasteiger partial charge in [-0.05, 0) is 23.6 Å². The zero-order chi connectivity index (χ0) is 15.9. The zero-order valence-corrected chi connectivity index (χ0v) is 13.0. The molecule has 1 fully saturated rings. The van der Waals surface area contributed by atoms with E-state index in [4.69, 9.17) is 0 Å². The Morgan fingerprint density at radius 2 is 0.957 bits per heavy atom. The van der Waals surface area contributed by atoms with Crippen LogP contribution in [0.25, 0.3) is 0 Å². The molecule has 0 spiro atoms. The Balaban J connectivity index is 1.96. The van der Waals surface area contributed by atoms with Gasteiger partial charge in [0.15, 0.2) is 0 Å². The molecule has 0 aromatic heterocycles. The Kier molecular flexibility index (Phi) is 3.10. The maximum absolute atomic E-state index is 15.4. The number of hydrogen-bond donors (Lipinski definition) is 0. The van der Waals surface area contributed by atoms with Crippen molar-refractivity contribution in [2.24, 2.45) is 0 Å². The molecular formula is C21H18FN. The van der Waals surface area contributed by atoms with Crippen molar-refractivity contribution in [1.82, 2.24) is 5.12 Å². The van der Waals surface area contributed by atoms with Crippen LogP contribution >= 0.6 is 0 Å². The minimum atomic E-state index is -0.781. The van der Waals surface area contributed by atoms with Gasteiger partial charge in [0.2, 0.25) is 0 Å². The molecule has 23 heavy (non-hydrogen) atoms. The lowest BCUT2D eigenvalue weighted by Crippen LogP contribution is -2.21. The van der Waals surface area contributed by atoms with Crippen molar-refractivity contribution in [2.75, 3.05) is 0 Å². The van der Waals surface area contributed by atoms with Crippen molar-refractivity contribution in [3.63, 3.8) is 0 Å². The molecule has 1 saturated heterocycles. The van der Waals surface area contributed by atoms with E-state index in [1.54, 1.807) is 0 Å². The second kappa shape index (κ2) is 5.04. The van der Waals surface area contributed by atoms with Gasteiger partial charge in [-0.15, -0.1) is 9.60 Å².